The highest BCUT2D eigenvalue weighted by molar-refractivity contribution is 6.76. The van der Waals surface area contributed by atoms with Crippen LogP contribution in [-0.4, -0.2) is 24.5 Å². The molecule has 1 heterocycles. The molecule has 21 heavy (non-hydrogen) atoms. The van der Waals surface area contributed by atoms with Crippen molar-refractivity contribution in [1.29, 1.82) is 0 Å². The molecule has 2 rings (SSSR count). The molecule has 0 amide bonds. The first kappa shape index (κ1) is 16.6. The minimum absolute atomic E-state index is 0.478. The van der Waals surface area contributed by atoms with E-state index in [1.807, 2.05) is 18.3 Å². The minimum atomic E-state index is -1.04. The van der Waals surface area contributed by atoms with Gasteiger partial charge in [-0.3, -0.25) is 0 Å². The summed E-state index contributed by atoms with van der Waals surface area (Å²) in [5.41, 5.74) is 2.00. The van der Waals surface area contributed by atoms with Gasteiger partial charge in [0.2, 0.25) is 0 Å². The van der Waals surface area contributed by atoms with Crippen molar-refractivity contribution in [2.45, 2.75) is 32.4 Å². The van der Waals surface area contributed by atoms with Gasteiger partial charge in [-0.05, 0) is 23.7 Å². The van der Waals surface area contributed by atoms with Crippen LogP contribution in [0, 0.1) is 0 Å². The molecule has 0 saturated heterocycles. The van der Waals surface area contributed by atoms with Crippen molar-refractivity contribution in [1.82, 2.24) is 9.78 Å². The second-order valence-corrected chi connectivity index (χ2v) is 12.7. The number of rotatable bonds is 6. The Kier molecular flexibility index (Phi) is 5.49. The van der Waals surface area contributed by atoms with E-state index in [1.54, 1.807) is 16.9 Å². The molecule has 0 N–H and O–H groups in total. The highest BCUT2D eigenvalue weighted by atomic mass is 35.5. The van der Waals surface area contributed by atoms with Crippen LogP contribution in [0.5, 0.6) is 0 Å². The molecule has 3 nitrogen and oxygen atoms in total. The fourth-order valence-electron chi connectivity index (χ4n) is 1.80. The van der Waals surface area contributed by atoms with Gasteiger partial charge in [0.05, 0.1) is 16.2 Å². The van der Waals surface area contributed by atoms with Crippen LogP contribution in [0.2, 0.25) is 35.7 Å². The largest absolute Gasteiger partial charge is 0.360 e. The highest BCUT2D eigenvalue weighted by Gasteiger charge is 2.12. The molecule has 0 spiro atoms. The molecule has 0 unspecified atom stereocenters. The lowest BCUT2D eigenvalue weighted by atomic mass is 10.1. The smallest absolute Gasteiger partial charge is 0.139 e. The first-order valence-corrected chi connectivity index (χ1v) is 11.4. The summed E-state index contributed by atoms with van der Waals surface area (Å²) in [6.45, 7) is 8.29. The van der Waals surface area contributed by atoms with Crippen molar-refractivity contribution in [2.24, 2.45) is 0 Å². The van der Waals surface area contributed by atoms with Gasteiger partial charge in [0.25, 0.3) is 0 Å². The van der Waals surface area contributed by atoms with Gasteiger partial charge < -0.3 is 4.74 Å². The maximum absolute atomic E-state index is 6.04. The van der Waals surface area contributed by atoms with Crippen LogP contribution < -0.4 is 0 Å². The summed E-state index contributed by atoms with van der Waals surface area (Å²) >= 11 is 12.0. The zero-order valence-electron chi connectivity index (χ0n) is 12.6. The van der Waals surface area contributed by atoms with Crippen molar-refractivity contribution >= 4 is 31.3 Å². The monoisotopic (exact) mass is 342 g/mol. The fraction of sp³-hybridized carbons (Fsp3) is 0.400. The average Bonchev–Trinajstić information content (AvgIpc) is 2.86. The Morgan fingerprint density at radius 3 is 2.57 bits per heavy atom. The Balaban J connectivity index is 1.93. The lowest BCUT2D eigenvalue weighted by Crippen LogP contribution is -2.22. The third-order valence-corrected chi connectivity index (χ3v) is 5.55. The molecular weight excluding hydrogens is 323 g/mol. The summed E-state index contributed by atoms with van der Waals surface area (Å²) in [5, 5.41) is 5.41. The van der Waals surface area contributed by atoms with E-state index >= 15 is 0 Å². The standard InChI is InChI=1S/C15H20Cl2N2OSi/c1-21(2,3)7-6-20-11-19-10-13(9-18-19)12-4-5-14(16)15(17)8-12/h4-5,8-10H,6-7,11H2,1-3H3. The van der Waals surface area contributed by atoms with Gasteiger partial charge in [-0.15, -0.1) is 0 Å². The van der Waals surface area contributed by atoms with Gasteiger partial charge in [0.1, 0.15) is 6.73 Å². The second-order valence-electron chi connectivity index (χ2n) is 6.25. The van der Waals surface area contributed by atoms with Gasteiger partial charge in [0.15, 0.2) is 0 Å². The molecule has 0 bridgehead atoms. The number of nitrogens with zero attached hydrogens (tertiary/aromatic N) is 2. The summed E-state index contributed by atoms with van der Waals surface area (Å²) in [5.74, 6) is 0. The molecule has 0 radical (unpaired) electrons. The summed E-state index contributed by atoms with van der Waals surface area (Å²) in [7, 11) is -1.04. The Bertz CT molecular complexity index is 608. The lowest BCUT2D eigenvalue weighted by Gasteiger charge is -2.15. The van der Waals surface area contributed by atoms with Crippen LogP contribution in [0.4, 0.5) is 0 Å². The second kappa shape index (κ2) is 6.96. The zero-order chi connectivity index (χ0) is 15.5. The number of benzene rings is 1. The van der Waals surface area contributed by atoms with Crippen molar-refractivity contribution in [3.8, 4) is 11.1 Å². The quantitative estimate of drug-likeness (QED) is 0.534. The average molecular weight is 343 g/mol. The van der Waals surface area contributed by atoms with E-state index in [0.717, 1.165) is 23.8 Å². The highest BCUT2D eigenvalue weighted by Crippen LogP contribution is 2.28. The molecule has 0 atom stereocenters. The number of hydrogen-bond donors (Lipinski definition) is 0. The first-order chi connectivity index (χ1) is 9.85. The third kappa shape index (κ3) is 5.15. The molecule has 1 aromatic heterocycles. The van der Waals surface area contributed by atoms with E-state index < -0.39 is 8.07 Å². The summed E-state index contributed by atoms with van der Waals surface area (Å²) in [4.78, 5) is 0. The van der Waals surface area contributed by atoms with E-state index in [0.29, 0.717) is 16.8 Å². The molecule has 0 fully saturated rings. The lowest BCUT2D eigenvalue weighted by molar-refractivity contribution is 0.0786. The summed E-state index contributed by atoms with van der Waals surface area (Å²) in [6, 6.07) is 6.73. The predicted molar refractivity (Wildman–Crippen MR) is 91.8 cm³/mol. The van der Waals surface area contributed by atoms with Gasteiger partial charge in [-0.2, -0.15) is 5.10 Å². The summed E-state index contributed by atoms with van der Waals surface area (Å²) in [6.07, 6.45) is 3.76. The normalized spacial score (nSPS) is 11.9. The van der Waals surface area contributed by atoms with Crippen LogP contribution >= 0.6 is 23.2 Å². The fourth-order valence-corrected chi connectivity index (χ4v) is 2.85. The van der Waals surface area contributed by atoms with E-state index in [4.69, 9.17) is 27.9 Å². The number of hydrogen-bond acceptors (Lipinski definition) is 2. The first-order valence-electron chi connectivity index (χ1n) is 6.91. The molecule has 1 aromatic carbocycles. The molecule has 6 heteroatoms. The van der Waals surface area contributed by atoms with Gasteiger partial charge >= 0.3 is 0 Å². The molecule has 2 aromatic rings. The number of aromatic nitrogens is 2. The van der Waals surface area contributed by atoms with Crippen LogP contribution in [0.25, 0.3) is 11.1 Å². The predicted octanol–water partition coefficient (Wildman–Crippen LogP) is 5.17. The number of halogens is 2. The maximum Gasteiger partial charge on any atom is 0.139 e. The van der Waals surface area contributed by atoms with Crippen molar-refractivity contribution in [3.63, 3.8) is 0 Å². The van der Waals surface area contributed by atoms with Gasteiger partial charge in [0, 0.05) is 26.4 Å². The van der Waals surface area contributed by atoms with Crippen molar-refractivity contribution in [3.05, 3.63) is 40.6 Å². The van der Waals surface area contributed by atoms with Crippen molar-refractivity contribution in [2.75, 3.05) is 6.61 Å². The SMILES string of the molecule is C[Si](C)(C)CCOCn1cc(-c2ccc(Cl)c(Cl)c2)cn1. The third-order valence-electron chi connectivity index (χ3n) is 3.11. The Morgan fingerprint density at radius 2 is 1.90 bits per heavy atom. The van der Waals surface area contributed by atoms with Gasteiger partial charge in [-0.1, -0.05) is 48.9 Å². The van der Waals surface area contributed by atoms with E-state index in [-0.39, 0.29) is 0 Å². The van der Waals surface area contributed by atoms with Crippen LogP contribution in [-0.2, 0) is 11.5 Å². The molecular formula is C15H20Cl2N2OSi. The molecule has 0 aliphatic carbocycles. The molecule has 0 aliphatic heterocycles. The Labute approximate surface area is 136 Å². The Morgan fingerprint density at radius 1 is 1.14 bits per heavy atom. The van der Waals surface area contributed by atoms with Crippen LogP contribution in [0.3, 0.4) is 0 Å². The minimum Gasteiger partial charge on any atom is -0.360 e. The van der Waals surface area contributed by atoms with Gasteiger partial charge in [-0.25, -0.2) is 4.68 Å². The van der Waals surface area contributed by atoms with Crippen molar-refractivity contribution < 1.29 is 4.74 Å². The maximum atomic E-state index is 6.04. The molecule has 0 aliphatic rings. The Hall–Kier alpha value is -0.813. The van der Waals surface area contributed by atoms with E-state index in [1.165, 1.54) is 0 Å². The summed E-state index contributed by atoms with van der Waals surface area (Å²) < 4.78 is 7.47. The molecule has 114 valence electrons. The number of ether oxygens (including phenoxy) is 1. The van der Waals surface area contributed by atoms with Crippen LogP contribution in [0.15, 0.2) is 30.6 Å². The molecule has 0 saturated carbocycles. The van der Waals surface area contributed by atoms with Crippen LogP contribution in [0.1, 0.15) is 0 Å². The van der Waals surface area contributed by atoms with E-state index in [2.05, 4.69) is 24.7 Å². The van der Waals surface area contributed by atoms with E-state index in [9.17, 15) is 0 Å². The zero-order valence-corrected chi connectivity index (χ0v) is 15.1. The topological polar surface area (TPSA) is 27.1 Å².